The Morgan fingerprint density at radius 1 is 1.10 bits per heavy atom. The minimum atomic E-state index is -0.419. The summed E-state index contributed by atoms with van der Waals surface area (Å²) in [5.74, 6) is 1.73. The van der Waals surface area contributed by atoms with E-state index < -0.39 is 6.29 Å². The third-order valence-corrected chi connectivity index (χ3v) is 4.71. The normalized spacial score (nSPS) is 33.2. The van der Waals surface area contributed by atoms with Crippen LogP contribution in [0, 0.1) is 29.6 Å². The summed E-state index contributed by atoms with van der Waals surface area (Å²) < 4.78 is 24.8. The van der Waals surface area contributed by atoms with Gasteiger partial charge in [0.2, 0.25) is 0 Å². The van der Waals surface area contributed by atoms with Gasteiger partial charge in [-0.05, 0) is 24.7 Å². The molecule has 0 unspecified atom stereocenters. The zero-order valence-electron chi connectivity index (χ0n) is 12.6. The Morgan fingerprint density at radius 2 is 1.76 bits per heavy atom. The van der Waals surface area contributed by atoms with Gasteiger partial charge in [0.1, 0.15) is 0 Å². The van der Waals surface area contributed by atoms with E-state index in [2.05, 4.69) is 13.0 Å². The molecule has 0 N–H and O–H groups in total. The van der Waals surface area contributed by atoms with Crippen molar-refractivity contribution in [3.63, 3.8) is 0 Å². The summed E-state index contributed by atoms with van der Waals surface area (Å²) in [6.07, 6.45) is 4.81. The van der Waals surface area contributed by atoms with E-state index in [9.17, 15) is 4.39 Å². The third kappa shape index (κ3) is 4.57. The molecule has 21 heavy (non-hydrogen) atoms. The molecule has 0 atom stereocenters. The van der Waals surface area contributed by atoms with E-state index in [1.807, 2.05) is 0 Å². The predicted molar refractivity (Wildman–Crippen MR) is 74.5 cm³/mol. The molecule has 2 nitrogen and oxygen atoms in total. The summed E-state index contributed by atoms with van der Waals surface area (Å²) in [5.41, 5.74) is 0.747. The second kappa shape index (κ2) is 8.15. The van der Waals surface area contributed by atoms with Gasteiger partial charge in [0.15, 0.2) is 6.29 Å². The maximum absolute atomic E-state index is 13.2. The minimum absolute atomic E-state index is 0. The Hall–Kier alpha value is 0.174. The molecular formula is C17H22FO2Y-. The van der Waals surface area contributed by atoms with Gasteiger partial charge < -0.3 is 9.47 Å². The summed E-state index contributed by atoms with van der Waals surface area (Å²) >= 11 is 0. The van der Waals surface area contributed by atoms with Crippen molar-refractivity contribution in [2.75, 3.05) is 13.2 Å². The Balaban J connectivity index is 0.00000161. The van der Waals surface area contributed by atoms with Crippen molar-refractivity contribution in [2.24, 2.45) is 17.8 Å². The smallest absolute Gasteiger partial charge is 0.161 e. The fourth-order valence-corrected chi connectivity index (χ4v) is 3.34. The summed E-state index contributed by atoms with van der Waals surface area (Å²) in [5, 5.41) is 0. The summed E-state index contributed by atoms with van der Waals surface area (Å²) in [7, 11) is 0. The first-order valence-corrected chi connectivity index (χ1v) is 7.62. The van der Waals surface area contributed by atoms with Gasteiger partial charge in [0.05, 0.1) is 13.2 Å². The number of hydrogen-bond acceptors (Lipinski definition) is 2. The molecule has 1 saturated carbocycles. The minimum Gasteiger partial charge on any atom is -0.350 e. The second-order valence-corrected chi connectivity index (χ2v) is 6.25. The molecule has 1 radical (unpaired) electrons. The van der Waals surface area contributed by atoms with Crippen LogP contribution in [0.1, 0.15) is 44.5 Å². The van der Waals surface area contributed by atoms with Crippen molar-refractivity contribution < 1.29 is 46.6 Å². The summed E-state index contributed by atoms with van der Waals surface area (Å²) in [6, 6.07) is 7.31. The van der Waals surface area contributed by atoms with E-state index in [-0.39, 0.29) is 38.5 Å². The van der Waals surface area contributed by atoms with Crippen LogP contribution < -0.4 is 0 Å². The van der Waals surface area contributed by atoms with Crippen molar-refractivity contribution in [3.8, 4) is 0 Å². The fraction of sp³-hybridized carbons (Fsp3) is 0.647. The molecule has 3 rings (SSSR count). The van der Waals surface area contributed by atoms with Gasteiger partial charge in [-0.1, -0.05) is 25.3 Å². The number of halogens is 1. The van der Waals surface area contributed by atoms with Gasteiger partial charge in [-0.25, -0.2) is 4.39 Å². The van der Waals surface area contributed by atoms with E-state index in [0.717, 1.165) is 30.6 Å². The molecule has 2 fully saturated rings. The molecule has 1 aromatic rings. The van der Waals surface area contributed by atoms with Crippen LogP contribution in [0.4, 0.5) is 4.39 Å². The maximum Gasteiger partial charge on any atom is 0.161 e. The average Bonchev–Trinajstić information content (AvgIpc) is 2.48. The van der Waals surface area contributed by atoms with Gasteiger partial charge in [-0.15, -0.1) is 12.1 Å². The van der Waals surface area contributed by atoms with Crippen LogP contribution in [0.2, 0.25) is 0 Å². The fourth-order valence-electron chi connectivity index (χ4n) is 3.34. The molecule has 0 amide bonds. The van der Waals surface area contributed by atoms with Gasteiger partial charge in [-0.2, -0.15) is 12.1 Å². The van der Waals surface area contributed by atoms with E-state index in [1.165, 1.54) is 31.7 Å². The second-order valence-electron chi connectivity index (χ2n) is 6.25. The van der Waals surface area contributed by atoms with Crippen LogP contribution in [0.15, 0.2) is 18.2 Å². The van der Waals surface area contributed by atoms with Crippen LogP contribution in [-0.4, -0.2) is 13.2 Å². The largest absolute Gasteiger partial charge is 0.350 e. The zero-order valence-corrected chi connectivity index (χ0v) is 15.4. The van der Waals surface area contributed by atoms with Crippen molar-refractivity contribution in [1.29, 1.82) is 0 Å². The Bertz CT molecular complexity index is 438. The van der Waals surface area contributed by atoms with Crippen LogP contribution in [0.5, 0.6) is 0 Å². The molecule has 1 saturated heterocycles. The quantitative estimate of drug-likeness (QED) is 0.734. The summed E-state index contributed by atoms with van der Waals surface area (Å²) in [4.78, 5) is 0. The number of hydrogen-bond donors (Lipinski definition) is 0. The molecule has 113 valence electrons. The van der Waals surface area contributed by atoms with Crippen LogP contribution in [-0.2, 0) is 42.2 Å². The van der Waals surface area contributed by atoms with E-state index in [0.29, 0.717) is 5.92 Å². The number of ether oxygens (including phenoxy) is 2. The van der Waals surface area contributed by atoms with Crippen LogP contribution in [0.25, 0.3) is 0 Å². The number of benzene rings is 1. The van der Waals surface area contributed by atoms with E-state index >= 15 is 0 Å². The molecule has 1 heterocycles. The first kappa shape index (κ1) is 17.5. The predicted octanol–water partition coefficient (Wildman–Crippen LogP) is 4.11. The average molecular weight is 366 g/mol. The topological polar surface area (TPSA) is 18.5 Å². The van der Waals surface area contributed by atoms with E-state index in [1.54, 1.807) is 12.1 Å². The molecular weight excluding hydrogens is 344 g/mol. The standard InChI is InChI=1S/C17H22FO2.Y/c1-12-5-7-13(8-6-12)15-10-19-17(20-11-15)14-3-2-4-16(18)9-14;/h2-3,9,12-13,15,17H,5-8,10-11H2,1H3;/q-1;. The molecule has 0 bridgehead atoms. The van der Waals surface area contributed by atoms with Gasteiger partial charge in [0, 0.05) is 44.4 Å². The molecule has 1 aliphatic carbocycles. The van der Waals surface area contributed by atoms with Crippen LogP contribution in [0.3, 0.4) is 0 Å². The molecule has 0 spiro atoms. The molecule has 2 aliphatic rings. The third-order valence-electron chi connectivity index (χ3n) is 4.71. The van der Waals surface area contributed by atoms with Crippen molar-refractivity contribution in [2.45, 2.75) is 38.9 Å². The van der Waals surface area contributed by atoms with Crippen molar-refractivity contribution in [3.05, 3.63) is 35.6 Å². The SMILES string of the molecule is CC1CCC(C2COC(c3cc[c-]c(F)c3)OC2)CC1.[Y]. The van der Waals surface area contributed by atoms with Crippen LogP contribution >= 0.6 is 0 Å². The van der Waals surface area contributed by atoms with E-state index in [4.69, 9.17) is 9.47 Å². The Labute approximate surface area is 151 Å². The van der Waals surface area contributed by atoms with Crippen molar-refractivity contribution in [1.82, 2.24) is 0 Å². The number of rotatable bonds is 2. The Morgan fingerprint density at radius 3 is 2.38 bits per heavy atom. The zero-order chi connectivity index (χ0) is 13.9. The first-order valence-electron chi connectivity index (χ1n) is 7.62. The molecule has 1 aliphatic heterocycles. The maximum atomic E-state index is 13.2. The molecule has 4 heteroatoms. The van der Waals surface area contributed by atoms with Gasteiger partial charge in [0.25, 0.3) is 0 Å². The molecule has 1 aromatic carbocycles. The first-order chi connectivity index (χ1) is 9.72. The van der Waals surface area contributed by atoms with Crippen molar-refractivity contribution >= 4 is 0 Å². The Kier molecular flexibility index (Phi) is 6.80. The molecule has 0 aromatic heterocycles. The van der Waals surface area contributed by atoms with Gasteiger partial charge in [-0.3, -0.25) is 0 Å². The van der Waals surface area contributed by atoms with Gasteiger partial charge >= 0.3 is 0 Å². The monoisotopic (exact) mass is 366 g/mol. The summed E-state index contributed by atoms with van der Waals surface area (Å²) in [6.45, 7) is 3.79.